The summed E-state index contributed by atoms with van der Waals surface area (Å²) in [6, 6.07) is 19.8. The lowest BCUT2D eigenvalue weighted by Crippen LogP contribution is -2.40. The number of carbonyl (C=O) groups excluding carboxylic acids is 1. The molecule has 0 unspecified atom stereocenters. The largest absolute Gasteiger partial charge is 0.494 e. The topological polar surface area (TPSA) is 72.9 Å². The van der Waals surface area contributed by atoms with Gasteiger partial charge in [0.15, 0.2) is 6.61 Å². The minimum Gasteiger partial charge on any atom is -0.494 e. The van der Waals surface area contributed by atoms with Gasteiger partial charge in [-0.25, -0.2) is 8.42 Å². The highest BCUT2D eigenvalue weighted by atomic mass is 79.9. The zero-order valence-corrected chi connectivity index (χ0v) is 20.9. The van der Waals surface area contributed by atoms with E-state index in [0.29, 0.717) is 22.6 Å². The molecule has 0 aliphatic rings. The number of benzene rings is 3. The molecular formula is C25H26BrNO5S. The SMILES string of the molecule is CCCc1ccc(OCC(=O)N(c2ccc(OCC)cc2)S(=O)(=O)c2ccccc2)c(Br)c1. The van der Waals surface area contributed by atoms with Gasteiger partial charge in [0.1, 0.15) is 11.5 Å². The van der Waals surface area contributed by atoms with Crippen molar-refractivity contribution in [3.63, 3.8) is 0 Å². The minimum absolute atomic E-state index is 0.0114. The van der Waals surface area contributed by atoms with Crippen molar-refractivity contribution >= 4 is 37.5 Å². The van der Waals surface area contributed by atoms with Crippen LogP contribution in [-0.4, -0.2) is 27.5 Å². The molecule has 0 saturated carbocycles. The van der Waals surface area contributed by atoms with Gasteiger partial charge in [0, 0.05) is 0 Å². The summed E-state index contributed by atoms with van der Waals surface area (Å²) in [7, 11) is -4.16. The van der Waals surface area contributed by atoms with Crippen LogP contribution in [0.1, 0.15) is 25.8 Å². The summed E-state index contributed by atoms with van der Waals surface area (Å²) in [5.41, 5.74) is 1.35. The van der Waals surface area contributed by atoms with Crippen LogP contribution in [0.5, 0.6) is 11.5 Å². The maximum Gasteiger partial charge on any atom is 0.278 e. The second-order valence-electron chi connectivity index (χ2n) is 7.21. The van der Waals surface area contributed by atoms with Crippen molar-refractivity contribution in [3.8, 4) is 11.5 Å². The fourth-order valence-electron chi connectivity index (χ4n) is 3.26. The van der Waals surface area contributed by atoms with Crippen molar-refractivity contribution in [3.05, 3.63) is 82.8 Å². The standard InChI is InChI=1S/C25H26BrNO5S/c1-3-8-19-11-16-24(23(26)17-19)32-18-25(28)27(20-12-14-21(15-13-20)31-4-2)33(29,30)22-9-6-5-7-10-22/h5-7,9-17H,3-4,8,18H2,1-2H3. The third-order valence-corrected chi connectivity index (χ3v) is 7.16. The molecule has 0 spiro atoms. The van der Waals surface area contributed by atoms with E-state index < -0.39 is 22.5 Å². The van der Waals surface area contributed by atoms with E-state index in [2.05, 4.69) is 22.9 Å². The molecule has 0 aliphatic heterocycles. The van der Waals surface area contributed by atoms with Crippen LogP contribution in [0.4, 0.5) is 5.69 Å². The van der Waals surface area contributed by atoms with Gasteiger partial charge in [-0.15, -0.1) is 0 Å². The Hall–Kier alpha value is -2.84. The Morgan fingerprint density at radius 2 is 1.64 bits per heavy atom. The fourth-order valence-corrected chi connectivity index (χ4v) is 5.24. The first-order valence-corrected chi connectivity index (χ1v) is 12.9. The molecule has 0 atom stereocenters. The molecule has 3 aromatic rings. The van der Waals surface area contributed by atoms with E-state index in [0.717, 1.165) is 22.7 Å². The monoisotopic (exact) mass is 531 g/mol. The fraction of sp³-hybridized carbons (Fsp3) is 0.240. The molecule has 0 radical (unpaired) electrons. The summed E-state index contributed by atoms with van der Waals surface area (Å²) in [4.78, 5) is 13.2. The van der Waals surface area contributed by atoms with Crippen molar-refractivity contribution < 1.29 is 22.7 Å². The third kappa shape index (κ3) is 6.15. The van der Waals surface area contributed by atoms with Crippen LogP contribution in [0.3, 0.4) is 0 Å². The molecule has 1 amide bonds. The van der Waals surface area contributed by atoms with E-state index in [9.17, 15) is 13.2 Å². The van der Waals surface area contributed by atoms with Crippen LogP contribution >= 0.6 is 15.9 Å². The first-order valence-electron chi connectivity index (χ1n) is 10.6. The third-order valence-electron chi connectivity index (χ3n) is 4.78. The van der Waals surface area contributed by atoms with E-state index in [1.54, 1.807) is 48.5 Å². The van der Waals surface area contributed by atoms with Crippen molar-refractivity contribution in [2.24, 2.45) is 0 Å². The Kier molecular flexibility index (Phi) is 8.52. The van der Waals surface area contributed by atoms with Gasteiger partial charge in [-0.05, 0) is 83.4 Å². The number of nitrogens with zero attached hydrogens (tertiary/aromatic N) is 1. The van der Waals surface area contributed by atoms with Crippen molar-refractivity contribution in [1.82, 2.24) is 0 Å². The number of aryl methyl sites for hydroxylation is 1. The van der Waals surface area contributed by atoms with Crippen molar-refractivity contribution in [1.29, 1.82) is 0 Å². The number of hydrogen-bond acceptors (Lipinski definition) is 5. The Morgan fingerprint density at radius 1 is 0.939 bits per heavy atom. The Bertz CT molecular complexity index is 1180. The molecule has 33 heavy (non-hydrogen) atoms. The number of carbonyl (C=O) groups is 1. The van der Waals surface area contributed by atoms with Crippen LogP contribution in [0.15, 0.2) is 82.2 Å². The number of anilines is 1. The summed E-state index contributed by atoms with van der Waals surface area (Å²) in [5.74, 6) is 0.331. The predicted molar refractivity (Wildman–Crippen MR) is 132 cm³/mol. The molecule has 0 heterocycles. The number of hydrogen-bond donors (Lipinski definition) is 0. The summed E-state index contributed by atoms with van der Waals surface area (Å²) < 4.78 is 39.4. The normalized spacial score (nSPS) is 11.1. The summed E-state index contributed by atoms with van der Waals surface area (Å²) in [6.07, 6.45) is 1.94. The number of ether oxygens (including phenoxy) is 2. The van der Waals surface area contributed by atoms with E-state index in [1.165, 1.54) is 12.1 Å². The molecule has 6 nitrogen and oxygen atoms in total. The van der Waals surface area contributed by atoms with E-state index in [1.807, 2.05) is 19.1 Å². The zero-order valence-electron chi connectivity index (χ0n) is 18.5. The average molecular weight is 532 g/mol. The molecule has 0 bridgehead atoms. The van der Waals surface area contributed by atoms with Crippen LogP contribution in [-0.2, 0) is 21.2 Å². The summed E-state index contributed by atoms with van der Waals surface area (Å²) >= 11 is 3.47. The molecule has 174 valence electrons. The summed E-state index contributed by atoms with van der Waals surface area (Å²) in [5, 5.41) is 0. The van der Waals surface area contributed by atoms with Gasteiger partial charge in [0.05, 0.1) is 21.7 Å². The van der Waals surface area contributed by atoms with Crippen LogP contribution < -0.4 is 13.8 Å². The van der Waals surface area contributed by atoms with Gasteiger partial charge >= 0.3 is 0 Å². The molecular weight excluding hydrogens is 506 g/mol. The molecule has 3 rings (SSSR count). The quantitative estimate of drug-likeness (QED) is 0.340. The molecule has 0 aromatic heterocycles. The molecule has 0 aliphatic carbocycles. The lowest BCUT2D eigenvalue weighted by atomic mass is 10.1. The highest BCUT2D eigenvalue weighted by molar-refractivity contribution is 9.10. The second-order valence-corrected chi connectivity index (χ2v) is 9.85. The van der Waals surface area contributed by atoms with Gasteiger partial charge in [-0.2, -0.15) is 4.31 Å². The lowest BCUT2D eigenvalue weighted by molar-refractivity contribution is -0.119. The molecule has 8 heteroatoms. The maximum atomic E-state index is 13.4. The average Bonchev–Trinajstić information content (AvgIpc) is 2.81. The maximum absolute atomic E-state index is 13.4. The van der Waals surface area contributed by atoms with E-state index in [4.69, 9.17) is 9.47 Å². The molecule has 0 saturated heterocycles. The number of sulfonamides is 1. The van der Waals surface area contributed by atoms with Crippen LogP contribution in [0.25, 0.3) is 0 Å². The van der Waals surface area contributed by atoms with Crippen LogP contribution in [0, 0.1) is 0 Å². The second kappa shape index (κ2) is 11.3. The van der Waals surface area contributed by atoms with Gasteiger partial charge in [0.2, 0.25) is 0 Å². The Balaban J connectivity index is 1.89. The Morgan fingerprint density at radius 3 is 2.24 bits per heavy atom. The zero-order chi connectivity index (χ0) is 23.8. The minimum atomic E-state index is -4.16. The number of amides is 1. The highest BCUT2D eigenvalue weighted by Gasteiger charge is 2.31. The smallest absolute Gasteiger partial charge is 0.278 e. The molecule has 0 fully saturated rings. The lowest BCUT2D eigenvalue weighted by Gasteiger charge is -2.23. The predicted octanol–water partition coefficient (Wildman–Crippen LogP) is 5.60. The van der Waals surface area contributed by atoms with Crippen molar-refractivity contribution in [2.75, 3.05) is 17.5 Å². The molecule has 3 aromatic carbocycles. The number of rotatable bonds is 10. The first-order chi connectivity index (χ1) is 15.9. The highest BCUT2D eigenvalue weighted by Crippen LogP contribution is 2.29. The van der Waals surface area contributed by atoms with Gasteiger partial charge in [-0.1, -0.05) is 37.6 Å². The van der Waals surface area contributed by atoms with E-state index in [-0.39, 0.29) is 10.6 Å². The van der Waals surface area contributed by atoms with Gasteiger partial charge in [0.25, 0.3) is 15.9 Å². The number of halogens is 1. The van der Waals surface area contributed by atoms with Gasteiger partial charge < -0.3 is 9.47 Å². The van der Waals surface area contributed by atoms with Crippen LogP contribution in [0.2, 0.25) is 0 Å². The van der Waals surface area contributed by atoms with Gasteiger partial charge in [-0.3, -0.25) is 4.79 Å². The molecule has 0 N–H and O–H groups in total. The first kappa shape index (κ1) is 24.8. The van der Waals surface area contributed by atoms with E-state index >= 15 is 0 Å². The van der Waals surface area contributed by atoms with Crippen molar-refractivity contribution in [2.45, 2.75) is 31.6 Å². The summed E-state index contributed by atoms with van der Waals surface area (Å²) in [6.45, 7) is 3.97. The Labute approximate surface area is 203 Å².